The molecule has 1 atom stereocenters. The zero-order valence-corrected chi connectivity index (χ0v) is 24.3. The fourth-order valence-electron chi connectivity index (χ4n) is 5.90. The monoisotopic (exact) mass is 581 g/mol. The largest absolute Gasteiger partial charge is 0.450 e. The molecule has 0 fully saturated rings. The first-order valence-corrected chi connectivity index (χ1v) is 14.4. The smallest absolute Gasteiger partial charge is 0.297 e. The number of aryl methyl sites for hydroxylation is 4. The lowest BCUT2D eigenvalue weighted by Crippen LogP contribution is -2.53. The minimum atomic E-state index is -1.78. The molecule has 0 saturated heterocycles. The Kier molecular flexibility index (Phi) is 5.55. The second-order valence-electron chi connectivity index (χ2n) is 10.6. The van der Waals surface area contributed by atoms with Crippen LogP contribution in [-0.2, 0) is 16.9 Å². The first kappa shape index (κ1) is 25.7. The van der Waals surface area contributed by atoms with Crippen molar-refractivity contribution in [2.75, 3.05) is 9.80 Å². The van der Waals surface area contributed by atoms with E-state index in [2.05, 4.69) is 0 Å². The third-order valence-corrected chi connectivity index (χ3v) is 9.51. The molecule has 2 aromatic heterocycles. The van der Waals surface area contributed by atoms with Gasteiger partial charge in [0.15, 0.2) is 16.1 Å². The summed E-state index contributed by atoms with van der Waals surface area (Å²) in [5.74, 6) is -1.11. The Morgan fingerprint density at radius 2 is 1.66 bits per heavy atom. The molecular weight excluding hydrogens is 558 g/mol. The van der Waals surface area contributed by atoms with Crippen LogP contribution in [0.1, 0.15) is 48.9 Å². The van der Waals surface area contributed by atoms with Gasteiger partial charge in [-0.15, -0.1) is 11.3 Å². The molecule has 0 N–H and O–H groups in total. The molecule has 7 nitrogen and oxygen atoms in total. The van der Waals surface area contributed by atoms with Crippen LogP contribution in [0.25, 0.3) is 11.0 Å². The lowest BCUT2D eigenvalue weighted by Gasteiger charge is -2.32. The van der Waals surface area contributed by atoms with E-state index in [0.29, 0.717) is 32.4 Å². The molecule has 0 aliphatic carbocycles. The zero-order valence-electron chi connectivity index (χ0n) is 22.7. The Hall–Kier alpha value is -4.27. The van der Waals surface area contributed by atoms with Crippen molar-refractivity contribution in [3.8, 4) is 0 Å². The highest BCUT2D eigenvalue weighted by molar-refractivity contribution is 7.16. The molecule has 1 unspecified atom stereocenters. The fourth-order valence-corrected chi connectivity index (χ4v) is 6.99. The number of aromatic nitrogens is 1. The summed E-state index contributed by atoms with van der Waals surface area (Å²) in [5, 5.41) is 1.25. The number of nitrogens with zero attached hydrogens (tertiary/aromatic N) is 3. The summed E-state index contributed by atoms with van der Waals surface area (Å²) in [7, 11) is 0. The molecule has 2 amide bonds. The summed E-state index contributed by atoms with van der Waals surface area (Å²) in [5.41, 5.74) is 2.75. The number of hydrogen-bond acceptors (Lipinski definition) is 6. The van der Waals surface area contributed by atoms with Gasteiger partial charge in [-0.25, -0.2) is 4.98 Å². The number of hydrogen-bond donors (Lipinski definition) is 0. The van der Waals surface area contributed by atoms with Gasteiger partial charge in [-0.2, -0.15) is 0 Å². The molecule has 2 aliphatic rings. The van der Waals surface area contributed by atoms with Crippen LogP contribution in [0.3, 0.4) is 0 Å². The Balaban J connectivity index is 1.57. The standard InChI is InChI=1S/C32H24ClN3O4S/c1-16-13-22-25(14-17(16)2)40-28-26(27(22)37)32(36(29(28)38)31-34-18(3)19(4)41-31)23-7-5-6-8-24(23)35(30(32)39)15-20-9-11-21(33)12-10-20/h5-14H,15H2,1-4H3. The van der Waals surface area contributed by atoms with E-state index in [1.807, 2.05) is 64.1 Å². The third kappa shape index (κ3) is 3.44. The van der Waals surface area contributed by atoms with Crippen LogP contribution in [0.15, 0.2) is 69.9 Å². The number of halogens is 1. The van der Waals surface area contributed by atoms with E-state index in [1.165, 1.54) is 16.2 Å². The van der Waals surface area contributed by atoms with Crippen LogP contribution in [0.5, 0.6) is 0 Å². The van der Waals surface area contributed by atoms with Gasteiger partial charge in [-0.1, -0.05) is 41.9 Å². The number of para-hydroxylation sites is 1. The zero-order chi connectivity index (χ0) is 28.8. The molecule has 41 heavy (non-hydrogen) atoms. The minimum Gasteiger partial charge on any atom is -0.450 e. The average molecular weight is 582 g/mol. The summed E-state index contributed by atoms with van der Waals surface area (Å²) in [6.45, 7) is 7.83. The van der Waals surface area contributed by atoms with Gasteiger partial charge in [-0.05, 0) is 74.7 Å². The van der Waals surface area contributed by atoms with Gasteiger partial charge in [0.05, 0.1) is 28.9 Å². The van der Waals surface area contributed by atoms with Crippen molar-refractivity contribution >= 4 is 56.5 Å². The number of carbonyl (C=O) groups is 2. The molecule has 0 bridgehead atoms. The van der Waals surface area contributed by atoms with Gasteiger partial charge in [0.2, 0.25) is 5.76 Å². The summed E-state index contributed by atoms with van der Waals surface area (Å²) in [6.07, 6.45) is 0. The molecular formula is C32H24ClN3O4S. The first-order chi connectivity index (χ1) is 19.6. The van der Waals surface area contributed by atoms with E-state index in [9.17, 15) is 14.4 Å². The van der Waals surface area contributed by atoms with E-state index in [1.54, 1.807) is 29.2 Å². The topological polar surface area (TPSA) is 83.7 Å². The van der Waals surface area contributed by atoms with Crippen molar-refractivity contribution in [3.05, 3.63) is 120 Å². The maximum atomic E-state index is 15.0. The third-order valence-electron chi connectivity index (χ3n) is 8.20. The SMILES string of the molecule is Cc1cc2oc3c(c(=O)c2cc1C)C1(C(=O)N(Cc2ccc(Cl)cc2)c2ccccc21)N(c1nc(C)c(C)s1)C3=O. The van der Waals surface area contributed by atoms with Gasteiger partial charge >= 0.3 is 0 Å². The highest BCUT2D eigenvalue weighted by Crippen LogP contribution is 2.55. The maximum absolute atomic E-state index is 15.0. The second kappa shape index (κ2) is 8.86. The Labute approximate surface area is 244 Å². The predicted octanol–water partition coefficient (Wildman–Crippen LogP) is 6.59. The fraction of sp³-hybridized carbons (Fsp3) is 0.188. The molecule has 4 heterocycles. The van der Waals surface area contributed by atoms with E-state index in [-0.39, 0.29) is 17.9 Å². The molecule has 204 valence electrons. The predicted molar refractivity (Wildman–Crippen MR) is 160 cm³/mol. The Morgan fingerprint density at radius 1 is 0.951 bits per heavy atom. The summed E-state index contributed by atoms with van der Waals surface area (Å²) >= 11 is 7.43. The van der Waals surface area contributed by atoms with Crippen LogP contribution in [0.2, 0.25) is 5.02 Å². The van der Waals surface area contributed by atoms with Crippen LogP contribution < -0.4 is 15.2 Å². The molecule has 1 spiro atoms. The molecule has 3 aromatic carbocycles. The van der Waals surface area contributed by atoms with Gasteiger partial charge in [0.1, 0.15) is 5.58 Å². The summed E-state index contributed by atoms with van der Waals surface area (Å²) < 4.78 is 6.24. The number of fused-ring (bicyclic) bond motifs is 5. The van der Waals surface area contributed by atoms with Crippen LogP contribution in [0, 0.1) is 27.7 Å². The Bertz CT molecular complexity index is 1990. The van der Waals surface area contributed by atoms with Gasteiger partial charge < -0.3 is 9.32 Å². The van der Waals surface area contributed by atoms with E-state index in [4.69, 9.17) is 21.0 Å². The van der Waals surface area contributed by atoms with Gasteiger partial charge in [0, 0.05) is 15.5 Å². The van der Waals surface area contributed by atoms with Crippen LogP contribution in [0.4, 0.5) is 10.8 Å². The van der Waals surface area contributed by atoms with E-state index >= 15 is 0 Å². The van der Waals surface area contributed by atoms with E-state index < -0.39 is 22.8 Å². The molecule has 7 rings (SSSR count). The molecule has 0 radical (unpaired) electrons. The highest BCUT2D eigenvalue weighted by atomic mass is 35.5. The summed E-state index contributed by atoms with van der Waals surface area (Å²) in [6, 6.07) is 18.1. The normalized spacial score (nSPS) is 17.7. The second-order valence-corrected chi connectivity index (χ2v) is 12.2. The number of amides is 2. The maximum Gasteiger partial charge on any atom is 0.297 e. The number of rotatable bonds is 3. The molecule has 9 heteroatoms. The minimum absolute atomic E-state index is 0.0276. The lowest BCUT2D eigenvalue weighted by atomic mass is 9.84. The van der Waals surface area contributed by atoms with Crippen LogP contribution >= 0.6 is 22.9 Å². The Morgan fingerprint density at radius 3 is 2.37 bits per heavy atom. The van der Waals surface area contributed by atoms with Crippen molar-refractivity contribution in [2.45, 2.75) is 39.8 Å². The van der Waals surface area contributed by atoms with Gasteiger partial charge in [-0.3, -0.25) is 19.3 Å². The highest BCUT2D eigenvalue weighted by Gasteiger charge is 2.66. The van der Waals surface area contributed by atoms with E-state index in [0.717, 1.165) is 27.3 Å². The molecule has 5 aromatic rings. The number of benzene rings is 3. The van der Waals surface area contributed by atoms with Crippen LogP contribution in [-0.4, -0.2) is 16.8 Å². The number of anilines is 2. The van der Waals surface area contributed by atoms with Gasteiger partial charge in [0.25, 0.3) is 11.8 Å². The van der Waals surface area contributed by atoms with Crippen molar-refractivity contribution in [1.82, 2.24) is 4.98 Å². The quantitative estimate of drug-likeness (QED) is 0.240. The van der Waals surface area contributed by atoms with Crippen molar-refractivity contribution in [3.63, 3.8) is 0 Å². The summed E-state index contributed by atoms with van der Waals surface area (Å²) in [4.78, 5) is 52.4. The van der Waals surface area contributed by atoms with Crippen molar-refractivity contribution in [2.24, 2.45) is 0 Å². The first-order valence-electron chi connectivity index (χ1n) is 13.2. The lowest BCUT2D eigenvalue weighted by molar-refractivity contribution is -0.121. The number of thiazole rings is 1. The van der Waals surface area contributed by atoms with Crippen molar-refractivity contribution in [1.29, 1.82) is 0 Å². The number of carbonyl (C=O) groups excluding carboxylic acids is 2. The molecule has 0 saturated carbocycles. The molecule has 2 aliphatic heterocycles. The average Bonchev–Trinajstić information content (AvgIpc) is 3.50. The van der Waals surface area contributed by atoms with Crippen molar-refractivity contribution < 1.29 is 14.0 Å².